The number of rotatable bonds is 4. The van der Waals surface area contributed by atoms with E-state index < -0.39 is 0 Å². The standard InChI is InChI=1S/C18H23N3O2S2/c1-21-17(23)15-12-8-5-9-13(12)25-16(15)20-18(21)24-10-14(22)19-11-6-3-2-4-7-11/h11H,2-10H2,1H3,(H,19,22). The highest BCUT2D eigenvalue weighted by atomic mass is 32.2. The van der Waals surface area contributed by atoms with Crippen molar-refractivity contribution in [3.63, 3.8) is 0 Å². The first-order valence-corrected chi connectivity index (χ1v) is 10.9. The van der Waals surface area contributed by atoms with Crippen LogP contribution in [0.1, 0.15) is 49.0 Å². The fraction of sp³-hybridized carbons (Fsp3) is 0.611. The van der Waals surface area contributed by atoms with Crippen molar-refractivity contribution in [3.05, 3.63) is 20.8 Å². The van der Waals surface area contributed by atoms with Crippen molar-refractivity contribution < 1.29 is 4.79 Å². The lowest BCUT2D eigenvalue weighted by molar-refractivity contribution is -0.119. The molecule has 5 nitrogen and oxygen atoms in total. The van der Waals surface area contributed by atoms with E-state index >= 15 is 0 Å². The van der Waals surface area contributed by atoms with Crippen molar-refractivity contribution in [3.8, 4) is 0 Å². The molecule has 7 heteroatoms. The molecule has 0 aromatic carbocycles. The van der Waals surface area contributed by atoms with Gasteiger partial charge in [-0.15, -0.1) is 11.3 Å². The number of carbonyl (C=O) groups is 1. The quantitative estimate of drug-likeness (QED) is 0.657. The van der Waals surface area contributed by atoms with E-state index in [4.69, 9.17) is 0 Å². The second-order valence-corrected chi connectivity index (χ2v) is 9.01. The Morgan fingerprint density at radius 2 is 2.08 bits per heavy atom. The van der Waals surface area contributed by atoms with Gasteiger partial charge in [0.2, 0.25) is 5.91 Å². The lowest BCUT2D eigenvalue weighted by Gasteiger charge is -2.22. The van der Waals surface area contributed by atoms with Gasteiger partial charge in [0.05, 0.1) is 11.1 Å². The number of thiophene rings is 1. The summed E-state index contributed by atoms with van der Waals surface area (Å²) in [6.45, 7) is 0. The van der Waals surface area contributed by atoms with E-state index in [9.17, 15) is 9.59 Å². The predicted octanol–water partition coefficient (Wildman–Crippen LogP) is 3.02. The number of nitrogens with one attached hydrogen (secondary N) is 1. The molecule has 0 aliphatic heterocycles. The van der Waals surface area contributed by atoms with Gasteiger partial charge in [-0.2, -0.15) is 0 Å². The number of fused-ring (bicyclic) bond motifs is 3. The van der Waals surface area contributed by atoms with Gasteiger partial charge in [0.25, 0.3) is 5.56 Å². The van der Waals surface area contributed by atoms with Crippen LogP contribution in [0, 0.1) is 0 Å². The molecule has 134 valence electrons. The molecule has 4 rings (SSSR count). The van der Waals surface area contributed by atoms with Crippen LogP contribution in [0.4, 0.5) is 0 Å². The van der Waals surface area contributed by atoms with Crippen molar-refractivity contribution in [2.45, 2.75) is 62.6 Å². The van der Waals surface area contributed by atoms with Crippen molar-refractivity contribution >= 4 is 39.2 Å². The SMILES string of the molecule is Cn1c(SCC(=O)NC2CCCCC2)nc2sc3c(c2c1=O)CCC3. The van der Waals surface area contributed by atoms with Crippen molar-refractivity contribution in [2.75, 3.05) is 5.75 Å². The number of amides is 1. The summed E-state index contributed by atoms with van der Waals surface area (Å²) in [5, 5.41) is 4.56. The molecule has 1 amide bonds. The van der Waals surface area contributed by atoms with E-state index in [1.54, 1.807) is 23.0 Å². The van der Waals surface area contributed by atoms with Gasteiger partial charge in [-0.05, 0) is 37.7 Å². The first kappa shape index (κ1) is 17.1. The molecule has 2 heterocycles. The van der Waals surface area contributed by atoms with Crippen LogP contribution in [-0.4, -0.2) is 27.3 Å². The van der Waals surface area contributed by atoms with Gasteiger partial charge >= 0.3 is 0 Å². The van der Waals surface area contributed by atoms with Crippen LogP contribution in [0.3, 0.4) is 0 Å². The zero-order valence-corrected chi connectivity index (χ0v) is 16.1. The monoisotopic (exact) mass is 377 g/mol. The van der Waals surface area contributed by atoms with Gasteiger partial charge in [0.1, 0.15) is 4.83 Å². The maximum Gasteiger partial charge on any atom is 0.262 e. The third kappa shape index (κ3) is 3.36. The Balaban J connectivity index is 1.49. The lowest BCUT2D eigenvalue weighted by atomic mass is 9.95. The summed E-state index contributed by atoms with van der Waals surface area (Å²) in [7, 11) is 1.76. The van der Waals surface area contributed by atoms with Crippen molar-refractivity contribution in [1.82, 2.24) is 14.9 Å². The van der Waals surface area contributed by atoms with E-state index in [1.165, 1.54) is 41.5 Å². The molecule has 1 fully saturated rings. The summed E-state index contributed by atoms with van der Waals surface area (Å²) < 4.78 is 1.60. The zero-order chi connectivity index (χ0) is 17.4. The number of aromatic nitrogens is 2. The third-order valence-corrected chi connectivity index (χ3v) is 7.42. The molecule has 1 N–H and O–H groups in total. The molecule has 0 radical (unpaired) electrons. The Kier molecular flexibility index (Phi) is 4.86. The van der Waals surface area contributed by atoms with Crippen LogP contribution < -0.4 is 10.9 Å². The molecule has 1 saturated carbocycles. The van der Waals surface area contributed by atoms with Gasteiger partial charge < -0.3 is 5.32 Å². The van der Waals surface area contributed by atoms with E-state index in [2.05, 4.69) is 10.3 Å². The van der Waals surface area contributed by atoms with Crippen LogP contribution >= 0.6 is 23.1 Å². The molecule has 0 saturated heterocycles. The van der Waals surface area contributed by atoms with Gasteiger partial charge in [-0.25, -0.2) is 4.98 Å². The molecule has 0 spiro atoms. The average Bonchev–Trinajstić information content (AvgIpc) is 3.18. The minimum Gasteiger partial charge on any atom is -0.353 e. The van der Waals surface area contributed by atoms with Crippen LogP contribution in [0.2, 0.25) is 0 Å². The molecule has 2 aliphatic carbocycles. The average molecular weight is 378 g/mol. The van der Waals surface area contributed by atoms with Crippen LogP contribution in [0.5, 0.6) is 0 Å². The minimum atomic E-state index is 0.0274. The molecule has 0 bridgehead atoms. The Hall–Kier alpha value is -1.34. The normalized spacial score (nSPS) is 17.8. The number of carbonyl (C=O) groups excluding carboxylic acids is 1. The molecule has 0 unspecified atom stereocenters. The molecular formula is C18H23N3O2S2. The maximum atomic E-state index is 12.7. The summed E-state index contributed by atoms with van der Waals surface area (Å²) >= 11 is 3.01. The number of aryl methyl sites for hydroxylation is 2. The van der Waals surface area contributed by atoms with E-state index in [0.717, 1.165) is 42.3 Å². The zero-order valence-electron chi connectivity index (χ0n) is 14.5. The first-order valence-electron chi connectivity index (χ1n) is 9.07. The fourth-order valence-electron chi connectivity index (χ4n) is 3.88. The van der Waals surface area contributed by atoms with E-state index in [1.807, 2.05) is 0 Å². The largest absolute Gasteiger partial charge is 0.353 e. The fourth-order valence-corrected chi connectivity index (χ4v) is 5.97. The first-order chi connectivity index (χ1) is 12.1. The molecule has 0 atom stereocenters. The van der Waals surface area contributed by atoms with Gasteiger partial charge in [0.15, 0.2) is 5.16 Å². The minimum absolute atomic E-state index is 0.0274. The van der Waals surface area contributed by atoms with Gasteiger partial charge in [0, 0.05) is 18.0 Å². The summed E-state index contributed by atoms with van der Waals surface area (Å²) in [6, 6.07) is 0.321. The number of nitrogens with zero attached hydrogens (tertiary/aromatic N) is 2. The maximum absolute atomic E-state index is 12.7. The third-order valence-electron chi connectivity index (χ3n) is 5.21. The summed E-state index contributed by atoms with van der Waals surface area (Å²) in [5.41, 5.74) is 1.24. The molecule has 2 aromatic rings. The highest BCUT2D eigenvalue weighted by Gasteiger charge is 2.23. The van der Waals surface area contributed by atoms with Crippen LogP contribution in [0.25, 0.3) is 10.2 Å². The Labute approximate surface area is 155 Å². The molecule has 2 aromatic heterocycles. The Morgan fingerprint density at radius 3 is 2.88 bits per heavy atom. The molecule has 2 aliphatic rings. The molecular weight excluding hydrogens is 354 g/mol. The second kappa shape index (κ2) is 7.11. The number of thioether (sulfide) groups is 1. The van der Waals surface area contributed by atoms with Gasteiger partial charge in [-0.3, -0.25) is 14.2 Å². The Morgan fingerprint density at radius 1 is 1.28 bits per heavy atom. The predicted molar refractivity (Wildman–Crippen MR) is 103 cm³/mol. The Bertz CT molecular complexity index is 865. The number of hydrogen-bond acceptors (Lipinski definition) is 5. The summed E-state index contributed by atoms with van der Waals surface area (Å²) in [4.78, 5) is 31.8. The summed E-state index contributed by atoms with van der Waals surface area (Å²) in [5.74, 6) is 0.354. The highest BCUT2D eigenvalue weighted by molar-refractivity contribution is 7.99. The number of hydrogen-bond donors (Lipinski definition) is 1. The lowest BCUT2D eigenvalue weighted by Crippen LogP contribution is -2.37. The van der Waals surface area contributed by atoms with Gasteiger partial charge in [-0.1, -0.05) is 31.0 Å². The highest BCUT2D eigenvalue weighted by Crippen LogP contribution is 2.35. The van der Waals surface area contributed by atoms with Crippen LogP contribution in [-0.2, 0) is 24.7 Å². The van der Waals surface area contributed by atoms with E-state index in [-0.39, 0.29) is 11.5 Å². The smallest absolute Gasteiger partial charge is 0.262 e. The topological polar surface area (TPSA) is 64.0 Å². The van der Waals surface area contributed by atoms with Crippen molar-refractivity contribution in [2.24, 2.45) is 7.05 Å². The van der Waals surface area contributed by atoms with E-state index in [0.29, 0.717) is 17.0 Å². The van der Waals surface area contributed by atoms with Crippen LogP contribution in [0.15, 0.2) is 9.95 Å². The summed E-state index contributed by atoms with van der Waals surface area (Å²) in [6.07, 6.45) is 9.03. The second-order valence-electron chi connectivity index (χ2n) is 6.99. The molecule has 25 heavy (non-hydrogen) atoms. The van der Waals surface area contributed by atoms with Crippen molar-refractivity contribution in [1.29, 1.82) is 0 Å².